The fourth-order valence-corrected chi connectivity index (χ4v) is 2.28. The first-order valence-electron chi connectivity index (χ1n) is 5.74. The molecule has 0 fully saturated rings. The molecule has 18 heavy (non-hydrogen) atoms. The van der Waals surface area contributed by atoms with Crippen molar-refractivity contribution in [3.05, 3.63) is 28.8 Å². The maximum absolute atomic E-state index is 11.3. The molecule has 0 heterocycles. The molecule has 0 radical (unpaired) electrons. The van der Waals surface area contributed by atoms with Crippen LogP contribution >= 0.6 is 0 Å². The Morgan fingerprint density at radius 3 is 2.28 bits per heavy atom. The number of aryl methyl sites for hydroxylation is 2. The minimum absolute atomic E-state index is 0.0163. The van der Waals surface area contributed by atoms with E-state index in [1.165, 1.54) is 0 Å². The summed E-state index contributed by atoms with van der Waals surface area (Å²) < 4.78 is 28.2. The van der Waals surface area contributed by atoms with Gasteiger partial charge in [-0.1, -0.05) is 6.92 Å². The lowest BCUT2D eigenvalue weighted by atomic mass is 10.1. The molecule has 0 aliphatic carbocycles. The van der Waals surface area contributed by atoms with Gasteiger partial charge in [-0.05, 0) is 37.1 Å². The number of ether oxygens (including phenoxy) is 1. The number of nitrogens with zero attached hydrogens (tertiary/aromatic N) is 1. The fourth-order valence-electron chi connectivity index (χ4n) is 1.66. The van der Waals surface area contributed by atoms with E-state index in [1.54, 1.807) is 19.1 Å². The van der Waals surface area contributed by atoms with Crippen molar-refractivity contribution < 1.29 is 13.2 Å². The molecular weight excluding hydrogens is 250 g/mol. The summed E-state index contributed by atoms with van der Waals surface area (Å²) in [4.78, 5) is 0. The highest BCUT2D eigenvalue weighted by molar-refractivity contribution is 7.91. The molecule has 4 nitrogen and oxygen atoms in total. The molecule has 0 aliphatic rings. The zero-order valence-electron chi connectivity index (χ0n) is 10.9. The first kappa shape index (κ1) is 14.5. The summed E-state index contributed by atoms with van der Waals surface area (Å²) in [5.74, 6) is 0.810. The van der Waals surface area contributed by atoms with E-state index in [0.29, 0.717) is 11.3 Å². The Labute approximate surface area is 108 Å². The lowest BCUT2D eigenvalue weighted by Gasteiger charge is -2.12. The van der Waals surface area contributed by atoms with Crippen molar-refractivity contribution in [1.29, 1.82) is 5.26 Å². The third-order valence-electron chi connectivity index (χ3n) is 2.67. The van der Waals surface area contributed by atoms with Crippen molar-refractivity contribution in [3.63, 3.8) is 0 Å². The van der Waals surface area contributed by atoms with Gasteiger partial charge in [-0.2, -0.15) is 5.26 Å². The van der Waals surface area contributed by atoms with Crippen molar-refractivity contribution in [2.75, 3.05) is 18.1 Å². The number of sulfone groups is 1. The summed E-state index contributed by atoms with van der Waals surface area (Å²) in [5, 5.41) is 8.82. The molecule has 0 unspecified atom stereocenters. The van der Waals surface area contributed by atoms with E-state index < -0.39 is 9.84 Å². The first-order valence-corrected chi connectivity index (χ1v) is 7.56. The van der Waals surface area contributed by atoms with Crippen LogP contribution in [0.15, 0.2) is 12.1 Å². The van der Waals surface area contributed by atoms with Crippen molar-refractivity contribution in [3.8, 4) is 11.8 Å². The molecule has 1 rings (SSSR count). The molecule has 98 valence electrons. The number of hydrogen-bond donors (Lipinski definition) is 0. The van der Waals surface area contributed by atoms with Gasteiger partial charge in [0.1, 0.15) is 12.4 Å². The van der Waals surface area contributed by atoms with E-state index >= 15 is 0 Å². The SMILES string of the molecule is CCS(=O)(=O)CCOc1c(C)cc(C#N)cc1C. The Balaban J connectivity index is 2.78. The summed E-state index contributed by atoms with van der Waals surface area (Å²) in [6.07, 6.45) is 0. The highest BCUT2D eigenvalue weighted by atomic mass is 32.2. The molecule has 0 N–H and O–H groups in total. The number of hydrogen-bond acceptors (Lipinski definition) is 4. The monoisotopic (exact) mass is 267 g/mol. The molecular formula is C13H17NO3S. The zero-order chi connectivity index (χ0) is 13.8. The van der Waals surface area contributed by atoms with Crippen LogP contribution in [0.2, 0.25) is 0 Å². The predicted molar refractivity (Wildman–Crippen MR) is 70.5 cm³/mol. The lowest BCUT2D eigenvalue weighted by Crippen LogP contribution is -2.16. The Morgan fingerprint density at radius 1 is 1.28 bits per heavy atom. The molecule has 0 aliphatic heterocycles. The molecule has 0 amide bonds. The molecule has 0 saturated carbocycles. The molecule has 1 aromatic carbocycles. The van der Waals surface area contributed by atoms with Crippen molar-refractivity contribution in [1.82, 2.24) is 0 Å². The minimum atomic E-state index is -3.01. The van der Waals surface area contributed by atoms with Crippen LogP contribution in [0.1, 0.15) is 23.6 Å². The Morgan fingerprint density at radius 2 is 1.83 bits per heavy atom. The molecule has 0 atom stereocenters. The number of nitriles is 1. The van der Waals surface area contributed by atoms with Crippen LogP contribution in [0, 0.1) is 25.2 Å². The Kier molecular flexibility index (Phi) is 4.74. The lowest BCUT2D eigenvalue weighted by molar-refractivity contribution is 0.336. The van der Waals surface area contributed by atoms with Crippen molar-refractivity contribution in [2.45, 2.75) is 20.8 Å². The van der Waals surface area contributed by atoms with Crippen molar-refractivity contribution >= 4 is 9.84 Å². The fraction of sp³-hybridized carbons (Fsp3) is 0.462. The normalized spacial score (nSPS) is 11.0. The molecule has 1 aromatic rings. The van der Waals surface area contributed by atoms with Gasteiger partial charge in [0, 0.05) is 5.75 Å². The molecule has 0 bridgehead atoms. The number of benzene rings is 1. The van der Waals surface area contributed by atoms with E-state index in [-0.39, 0.29) is 18.1 Å². The minimum Gasteiger partial charge on any atom is -0.492 e. The second-order valence-corrected chi connectivity index (χ2v) is 6.61. The van der Waals surface area contributed by atoms with Gasteiger partial charge in [0.25, 0.3) is 0 Å². The van der Waals surface area contributed by atoms with Gasteiger partial charge < -0.3 is 4.74 Å². The molecule has 0 aromatic heterocycles. The van der Waals surface area contributed by atoms with Crippen LogP contribution in [-0.4, -0.2) is 26.5 Å². The standard InChI is InChI=1S/C13H17NO3S/c1-4-18(15,16)6-5-17-13-10(2)7-12(9-14)8-11(13)3/h7-8H,4-6H2,1-3H3. The highest BCUT2D eigenvalue weighted by Crippen LogP contribution is 2.24. The van der Waals surface area contributed by atoms with Crippen LogP contribution in [0.4, 0.5) is 0 Å². The number of rotatable bonds is 5. The maximum atomic E-state index is 11.3. The molecule has 5 heteroatoms. The maximum Gasteiger partial charge on any atom is 0.153 e. The highest BCUT2D eigenvalue weighted by Gasteiger charge is 2.10. The topological polar surface area (TPSA) is 67.2 Å². The second kappa shape index (κ2) is 5.87. The third-order valence-corrected chi connectivity index (χ3v) is 4.34. The van der Waals surface area contributed by atoms with Crippen LogP contribution < -0.4 is 4.74 Å². The van der Waals surface area contributed by atoms with E-state index in [1.807, 2.05) is 13.8 Å². The first-order chi connectivity index (χ1) is 8.39. The Hall–Kier alpha value is -1.54. The average Bonchev–Trinajstić information content (AvgIpc) is 2.32. The summed E-state index contributed by atoms with van der Waals surface area (Å²) in [6, 6.07) is 5.54. The van der Waals surface area contributed by atoms with E-state index in [0.717, 1.165) is 11.1 Å². The van der Waals surface area contributed by atoms with Gasteiger partial charge in [-0.3, -0.25) is 0 Å². The predicted octanol–water partition coefficient (Wildman–Crippen LogP) is 1.99. The zero-order valence-corrected chi connectivity index (χ0v) is 11.7. The molecule has 0 spiro atoms. The van der Waals surface area contributed by atoms with E-state index in [9.17, 15) is 8.42 Å². The van der Waals surface area contributed by atoms with Gasteiger partial charge in [0.05, 0.1) is 17.4 Å². The van der Waals surface area contributed by atoms with Crippen LogP contribution in [0.5, 0.6) is 5.75 Å². The van der Waals surface area contributed by atoms with Gasteiger partial charge in [-0.15, -0.1) is 0 Å². The third kappa shape index (κ3) is 3.74. The van der Waals surface area contributed by atoms with Crippen LogP contribution in [-0.2, 0) is 9.84 Å². The summed E-state index contributed by atoms with van der Waals surface area (Å²) in [6.45, 7) is 5.45. The summed E-state index contributed by atoms with van der Waals surface area (Å²) >= 11 is 0. The van der Waals surface area contributed by atoms with Crippen LogP contribution in [0.25, 0.3) is 0 Å². The second-order valence-electron chi connectivity index (χ2n) is 4.14. The van der Waals surface area contributed by atoms with Gasteiger partial charge in [0.2, 0.25) is 0 Å². The van der Waals surface area contributed by atoms with Gasteiger partial charge >= 0.3 is 0 Å². The quantitative estimate of drug-likeness (QED) is 0.818. The van der Waals surface area contributed by atoms with Crippen LogP contribution in [0.3, 0.4) is 0 Å². The van der Waals surface area contributed by atoms with Gasteiger partial charge in [-0.25, -0.2) is 8.42 Å². The summed E-state index contributed by atoms with van der Waals surface area (Å²) in [7, 11) is -3.01. The largest absolute Gasteiger partial charge is 0.492 e. The molecule has 0 saturated heterocycles. The Bertz CT molecular complexity index is 547. The average molecular weight is 267 g/mol. The smallest absolute Gasteiger partial charge is 0.153 e. The van der Waals surface area contributed by atoms with E-state index in [2.05, 4.69) is 6.07 Å². The van der Waals surface area contributed by atoms with Crippen molar-refractivity contribution in [2.24, 2.45) is 0 Å². The van der Waals surface area contributed by atoms with E-state index in [4.69, 9.17) is 10.00 Å². The summed E-state index contributed by atoms with van der Waals surface area (Å²) in [5.41, 5.74) is 2.28. The van der Waals surface area contributed by atoms with Gasteiger partial charge in [0.15, 0.2) is 9.84 Å².